The molecular formula is C22H22N4O2. The molecule has 0 saturated heterocycles. The first-order chi connectivity index (χ1) is 13.6. The van der Waals surface area contributed by atoms with Crippen molar-refractivity contribution in [3.05, 3.63) is 77.6 Å². The van der Waals surface area contributed by atoms with Gasteiger partial charge < -0.3 is 10.1 Å². The summed E-state index contributed by atoms with van der Waals surface area (Å²) in [6.07, 6.45) is 4.44. The number of nitriles is 1. The van der Waals surface area contributed by atoms with Gasteiger partial charge in [-0.2, -0.15) is 10.4 Å². The molecule has 0 radical (unpaired) electrons. The van der Waals surface area contributed by atoms with Crippen LogP contribution in [0.3, 0.4) is 0 Å². The van der Waals surface area contributed by atoms with Crippen LogP contribution in [0.2, 0.25) is 0 Å². The van der Waals surface area contributed by atoms with Gasteiger partial charge in [0.25, 0.3) is 0 Å². The number of hydrogen-bond donors (Lipinski definition) is 1. The molecule has 0 aliphatic rings. The highest BCUT2D eigenvalue weighted by atomic mass is 16.5. The molecule has 6 nitrogen and oxygen atoms in total. The van der Waals surface area contributed by atoms with Crippen LogP contribution in [0, 0.1) is 18.3 Å². The zero-order valence-electron chi connectivity index (χ0n) is 15.8. The molecule has 0 aliphatic carbocycles. The van der Waals surface area contributed by atoms with Crippen LogP contribution < -0.4 is 10.1 Å². The first kappa shape index (κ1) is 19.2. The molecular weight excluding hydrogens is 352 g/mol. The van der Waals surface area contributed by atoms with E-state index in [0.717, 1.165) is 28.1 Å². The molecule has 1 heterocycles. The van der Waals surface area contributed by atoms with Crippen LogP contribution in [0.1, 0.15) is 23.1 Å². The summed E-state index contributed by atoms with van der Waals surface area (Å²) < 4.78 is 7.55. The number of anilines is 1. The summed E-state index contributed by atoms with van der Waals surface area (Å²) in [5, 5.41) is 15.8. The molecule has 0 unspecified atom stereocenters. The second kappa shape index (κ2) is 9.38. The van der Waals surface area contributed by atoms with Gasteiger partial charge >= 0.3 is 0 Å². The molecule has 1 N–H and O–H groups in total. The molecule has 1 amide bonds. The van der Waals surface area contributed by atoms with Crippen LogP contribution >= 0.6 is 0 Å². The van der Waals surface area contributed by atoms with Gasteiger partial charge in [0.05, 0.1) is 18.7 Å². The second-order valence-corrected chi connectivity index (χ2v) is 6.55. The predicted molar refractivity (Wildman–Crippen MR) is 107 cm³/mol. The van der Waals surface area contributed by atoms with Crippen molar-refractivity contribution in [1.29, 1.82) is 5.26 Å². The van der Waals surface area contributed by atoms with Crippen LogP contribution in [-0.4, -0.2) is 15.7 Å². The van der Waals surface area contributed by atoms with Crippen LogP contribution in [0.15, 0.2) is 60.9 Å². The Morgan fingerprint density at radius 1 is 1.21 bits per heavy atom. The lowest BCUT2D eigenvalue weighted by Gasteiger charge is -2.09. The average molecular weight is 374 g/mol. The van der Waals surface area contributed by atoms with Gasteiger partial charge in [0.15, 0.2) is 0 Å². The first-order valence-electron chi connectivity index (χ1n) is 9.09. The van der Waals surface area contributed by atoms with Gasteiger partial charge in [-0.1, -0.05) is 24.3 Å². The number of aromatic nitrogens is 2. The molecule has 3 rings (SSSR count). The van der Waals surface area contributed by atoms with Gasteiger partial charge in [-0.3, -0.25) is 9.48 Å². The lowest BCUT2D eigenvalue weighted by Crippen LogP contribution is -2.14. The topological polar surface area (TPSA) is 79.9 Å². The quantitative estimate of drug-likeness (QED) is 0.649. The number of carbonyl (C=O) groups is 1. The van der Waals surface area contributed by atoms with Gasteiger partial charge in [-0.05, 0) is 47.9 Å². The Labute approximate surface area is 164 Å². The van der Waals surface area contributed by atoms with Crippen molar-refractivity contribution < 1.29 is 9.53 Å². The number of rotatable bonds is 8. The lowest BCUT2D eigenvalue weighted by atomic mass is 10.1. The molecule has 0 fully saturated rings. The monoisotopic (exact) mass is 374 g/mol. The zero-order chi connectivity index (χ0) is 19.8. The van der Waals surface area contributed by atoms with E-state index in [0.29, 0.717) is 26.0 Å². The fourth-order valence-electron chi connectivity index (χ4n) is 2.73. The largest absolute Gasteiger partial charge is 0.489 e. The van der Waals surface area contributed by atoms with E-state index in [4.69, 9.17) is 10.00 Å². The van der Waals surface area contributed by atoms with E-state index in [2.05, 4.69) is 16.5 Å². The van der Waals surface area contributed by atoms with Crippen molar-refractivity contribution in [2.24, 2.45) is 0 Å². The van der Waals surface area contributed by atoms with Crippen molar-refractivity contribution >= 4 is 11.6 Å². The van der Waals surface area contributed by atoms with Crippen molar-refractivity contribution in [2.75, 3.05) is 5.32 Å². The maximum absolute atomic E-state index is 12.2. The molecule has 0 spiro atoms. The van der Waals surface area contributed by atoms with Crippen LogP contribution in [0.25, 0.3) is 0 Å². The summed E-state index contributed by atoms with van der Waals surface area (Å²) in [5.41, 5.74) is 3.74. The van der Waals surface area contributed by atoms with E-state index in [1.54, 1.807) is 10.9 Å². The number of nitrogens with zero attached hydrogens (tertiary/aromatic N) is 3. The van der Waals surface area contributed by atoms with Crippen LogP contribution in [0.5, 0.6) is 5.75 Å². The lowest BCUT2D eigenvalue weighted by molar-refractivity contribution is -0.116. The summed E-state index contributed by atoms with van der Waals surface area (Å²) >= 11 is 0. The maximum Gasteiger partial charge on any atom is 0.226 e. The molecule has 2 aromatic carbocycles. The fraction of sp³-hybridized carbons (Fsp3) is 0.227. The van der Waals surface area contributed by atoms with Crippen molar-refractivity contribution in [1.82, 2.24) is 9.78 Å². The van der Waals surface area contributed by atoms with Crippen LogP contribution in [0.4, 0.5) is 5.69 Å². The van der Waals surface area contributed by atoms with E-state index in [1.165, 1.54) is 0 Å². The highest BCUT2D eigenvalue weighted by molar-refractivity contribution is 5.90. The number of ether oxygens (including phenoxy) is 1. The van der Waals surface area contributed by atoms with E-state index in [9.17, 15) is 4.79 Å². The first-order valence-corrected chi connectivity index (χ1v) is 9.09. The summed E-state index contributed by atoms with van der Waals surface area (Å²) in [5.74, 6) is 0.685. The highest BCUT2D eigenvalue weighted by Gasteiger charge is 2.05. The molecule has 6 heteroatoms. The molecule has 3 aromatic rings. The minimum atomic E-state index is -0.0562. The smallest absolute Gasteiger partial charge is 0.226 e. The number of benzene rings is 2. The van der Waals surface area contributed by atoms with E-state index in [-0.39, 0.29) is 5.91 Å². The SMILES string of the molecule is Cc1cnn(CCC(=O)Nc2cccc(COc3ccc(CC#N)cc3)c2)c1. The predicted octanol–water partition coefficient (Wildman–Crippen LogP) is 3.87. The van der Waals surface area contributed by atoms with Crippen molar-refractivity contribution in [3.63, 3.8) is 0 Å². The molecule has 0 atom stereocenters. The minimum Gasteiger partial charge on any atom is -0.489 e. The maximum atomic E-state index is 12.2. The van der Waals surface area contributed by atoms with Crippen molar-refractivity contribution in [3.8, 4) is 11.8 Å². The Bertz CT molecular complexity index is 971. The molecule has 0 bridgehead atoms. The Kier molecular flexibility index (Phi) is 6.42. The molecule has 0 saturated carbocycles. The summed E-state index contributed by atoms with van der Waals surface area (Å²) in [7, 11) is 0. The van der Waals surface area contributed by atoms with Crippen LogP contribution in [-0.2, 0) is 24.4 Å². The van der Waals surface area contributed by atoms with E-state index in [1.807, 2.05) is 61.7 Å². The average Bonchev–Trinajstić information content (AvgIpc) is 3.12. The summed E-state index contributed by atoms with van der Waals surface area (Å²) in [6, 6.07) is 17.2. The number of nitrogens with one attached hydrogen (secondary N) is 1. The number of carbonyl (C=O) groups excluding carboxylic acids is 1. The zero-order valence-corrected chi connectivity index (χ0v) is 15.8. The summed E-state index contributed by atoms with van der Waals surface area (Å²) in [6.45, 7) is 2.91. The van der Waals surface area contributed by atoms with Gasteiger partial charge in [0, 0.05) is 24.8 Å². The van der Waals surface area contributed by atoms with Gasteiger partial charge in [-0.15, -0.1) is 0 Å². The van der Waals surface area contributed by atoms with Gasteiger partial charge in [0.2, 0.25) is 5.91 Å². The number of aryl methyl sites for hydroxylation is 2. The third kappa shape index (κ3) is 5.71. The third-order valence-corrected chi connectivity index (χ3v) is 4.15. The van der Waals surface area contributed by atoms with E-state index >= 15 is 0 Å². The van der Waals surface area contributed by atoms with Gasteiger partial charge in [-0.25, -0.2) is 0 Å². The van der Waals surface area contributed by atoms with E-state index < -0.39 is 0 Å². The van der Waals surface area contributed by atoms with Gasteiger partial charge in [0.1, 0.15) is 12.4 Å². The van der Waals surface area contributed by atoms with Crippen molar-refractivity contribution in [2.45, 2.75) is 32.9 Å². The molecule has 0 aliphatic heterocycles. The summed E-state index contributed by atoms with van der Waals surface area (Å²) in [4.78, 5) is 12.2. The minimum absolute atomic E-state index is 0.0562. The Morgan fingerprint density at radius 2 is 2.04 bits per heavy atom. The standard InChI is InChI=1S/C22H22N4O2/c1-17-14-24-26(15-17)12-10-22(27)25-20-4-2-3-19(13-20)16-28-21-7-5-18(6-8-21)9-11-23/h2-8,13-15H,9-10,12,16H2,1H3,(H,25,27). The Morgan fingerprint density at radius 3 is 2.75 bits per heavy atom. The molecule has 142 valence electrons. The number of hydrogen-bond acceptors (Lipinski definition) is 4. The molecule has 28 heavy (non-hydrogen) atoms. The Balaban J connectivity index is 1.50. The number of amides is 1. The molecule has 1 aromatic heterocycles. The normalized spacial score (nSPS) is 10.3. The second-order valence-electron chi connectivity index (χ2n) is 6.55. The highest BCUT2D eigenvalue weighted by Crippen LogP contribution is 2.17. The fourth-order valence-corrected chi connectivity index (χ4v) is 2.73. The third-order valence-electron chi connectivity index (χ3n) is 4.15. The Hall–Kier alpha value is -3.59.